The first-order valence-corrected chi connectivity index (χ1v) is 7.94. The van der Waals surface area contributed by atoms with Crippen LogP contribution in [0.5, 0.6) is 0 Å². The molecule has 0 aromatic heterocycles. The summed E-state index contributed by atoms with van der Waals surface area (Å²) >= 11 is 0. The van der Waals surface area contributed by atoms with Crippen LogP contribution in [0.2, 0.25) is 0 Å². The number of nitrogens with zero attached hydrogens (tertiary/aromatic N) is 1. The standard InChI is InChI=1S/C15H10FNO5S.Na.H/c16-12-4-2-1-3-9(12)8-17-13-6-5-10(23(20,21)22)7-11(13)14(18)15(17)19;;/h1-7H,8H2,(H,20,21,22);;/q;+1;-1. The van der Waals surface area contributed by atoms with Crippen LogP contribution in [0.4, 0.5) is 10.1 Å². The number of carbonyl (C=O) groups excluding carboxylic acids is 2. The molecule has 120 valence electrons. The van der Waals surface area contributed by atoms with Crippen LogP contribution < -0.4 is 34.5 Å². The molecule has 0 aliphatic carbocycles. The van der Waals surface area contributed by atoms with E-state index in [2.05, 4.69) is 0 Å². The first-order chi connectivity index (χ1) is 10.8. The average Bonchev–Trinajstić information content (AvgIpc) is 2.73. The van der Waals surface area contributed by atoms with Crippen molar-refractivity contribution in [3.8, 4) is 0 Å². The Morgan fingerprint density at radius 2 is 1.79 bits per heavy atom. The molecule has 0 atom stereocenters. The molecule has 1 aliphatic heterocycles. The second-order valence-corrected chi connectivity index (χ2v) is 6.39. The number of ketones is 1. The first kappa shape index (κ1) is 18.8. The van der Waals surface area contributed by atoms with Crippen molar-refractivity contribution in [2.24, 2.45) is 0 Å². The fraction of sp³-hybridized carbons (Fsp3) is 0.0667. The number of halogens is 1. The van der Waals surface area contributed by atoms with Crippen molar-refractivity contribution in [1.29, 1.82) is 0 Å². The van der Waals surface area contributed by atoms with E-state index in [1.54, 1.807) is 6.07 Å². The Hall–Kier alpha value is -1.58. The van der Waals surface area contributed by atoms with E-state index >= 15 is 0 Å². The largest absolute Gasteiger partial charge is 1.00 e. The SMILES string of the molecule is O=C1C(=O)N(Cc2ccccc2F)c2ccc(S(=O)(=O)O)cc21.[H-].[Na+]. The number of hydrogen-bond donors (Lipinski definition) is 1. The summed E-state index contributed by atoms with van der Waals surface area (Å²) in [6.07, 6.45) is 0. The normalized spacial score (nSPS) is 13.7. The molecule has 1 aliphatic rings. The van der Waals surface area contributed by atoms with Crippen LogP contribution in [0.15, 0.2) is 47.4 Å². The van der Waals surface area contributed by atoms with Gasteiger partial charge >= 0.3 is 29.6 Å². The van der Waals surface area contributed by atoms with Crippen LogP contribution in [0.25, 0.3) is 0 Å². The molecule has 9 heteroatoms. The molecule has 6 nitrogen and oxygen atoms in total. The van der Waals surface area contributed by atoms with E-state index in [9.17, 15) is 22.4 Å². The molecular weight excluding hydrogens is 348 g/mol. The molecule has 3 rings (SSSR count). The van der Waals surface area contributed by atoms with Gasteiger partial charge in [-0.05, 0) is 24.3 Å². The van der Waals surface area contributed by atoms with Crippen molar-refractivity contribution in [3.05, 3.63) is 59.4 Å². The summed E-state index contributed by atoms with van der Waals surface area (Å²) in [5.41, 5.74) is 0.262. The van der Waals surface area contributed by atoms with Crippen molar-refractivity contribution in [3.63, 3.8) is 0 Å². The van der Waals surface area contributed by atoms with Gasteiger partial charge < -0.3 is 6.33 Å². The average molecular weight is 359 g/mol. The molecule has 2 aromatic carbocycles. The van der Waals surface area contributed by atoms with E-state index in [4.69, 9.17) is 4.55 Å². The minimum atomic E-state index is -4.49. The zero-order valence-electron chi connectivity index (χ0n) is 13.6. The van der Waals surface area contributed by atoms with Crippen LogP contribution in [0.3, 0.4) is 0 Å². The fourth-order valence-electron chi connectivity index (χ4n) is 2.39. The summed E-state index contributed by atoms with van der Waals surface area (Å²) in [4.78, 5) is 24.7. The predicted octanol–water partition coefficient (Wildman–Crippen LogP) is -1.08. The fourth-order valence-corrected chi connectivity index (χ4v) is 2.90. The smallest absolute Gasteiger partial charge is 1.00 e. The molecule has 0 fully saturated rings. The zero-order chi connectivity index (χ0) is 16.8. The third kappa shape index (κ3) is 3.28. The molecule has 1 N–H and O–H groups in total. The van der Waals surface area contributed by atoms with E-state index in [-0.39, 0.29) is 54.3 Å². The molecule has 0 saturated heterocycles. The second kappa shape index (κ2) is 6.73. The van der Waals surface area contributed by atoms with Crippen molar-refractivity contribution in [1.82, 2.24) is 0 Å². The van der Waals surface area contributed by atoms with Crippen molar-refractivity contribution in [2.45, 2.75) is 11.4 Å². The van der Waals surface area contributed by atoms with Gasteiger partial charge in [-0.25, -0.2) is 4.39 Å². The van der Waals surface area contributed by atoms with Crippen LogP contribution in [-0.2, 0) is 21.5 Å². The summed E-state index contributed by atoms with van der Waals surface area (Å²) in [5, 5.41) is 0. The van der Waals surface area contributed by atoms with Crippen LogP contribution in [0.1, 0.15) is 17.3 Å². The zero-order valence-corrected chi connectivity index (χ0v) is 15.4. The molecule has 1 heterocycles. The molecule has 1 amide bonds. The van der Waals surface area contributed by atoms with Crippen molar-refractivity contribution >= 4 is 27.5 Å². The molecule has 0 radical (unpaired) electrons. The number of fused-ring (bicyclic) bond motifs is 1. The van der Waals surface area contributed by atoms with Gasteiger partial charge in [0.1, 0.15) is 5.82 Å². The van der Waals surface area contributed by atoms with E-state index in [1.165, 1.54) is 24.3 Å². The number of rotatable bonds is 3. The Balaban J connectivity index is 0.00000156. The number of carbonyl (C=O) groups is 2. The summed E-state index contributed by atoms with van der Waals surface area (Å²) < 4.78 is 45.0. The number of amides is 1. The van der Waals surface area contributed by atoms with Crippen LogP contribution in [0, 0.1) is 5.82 Å². The Bertz CT molecular complexity index is 951. The minimum absolute atomic E-state index is 0. The Morgan fingerprint density at radius 3 is 2.42 bits per heavy atom. The van der Waals surface area contributed by atoms with E-state index < -0.39 is 32.5 Å². The molecule has 0 bridgehead atoms. The quantitative estimate of drug-likeness (QED) is 0.428. The van der Waals surface area contributed by atoms with Gasteiger partial charge in [-0.15, -0.1) is 0 Å². The minimum Gasteiger partial charge on any atom is -1.00 e. The van der Waals surface area contributed by atoms with Crippen LogP contribution >= 0.6 is 0 Å². The molecule has 2 aromatic rings. The Kier molecular flexibility index (Phi) is 5.26. The number of Topliss-reactive ketones (excluding diaryl/α,β-unsaturated/α-hetero) is 1. The van der Waals surface area contributed by atoms with Gasteiger partial charge in [0.15, 0.2) is 0 Å². The molecule has 24 heavy (non-hydrogen) atoms. The van der Waals surface area contributed by atoms with Gasteiger partial charge in [0, 0.05) is 5.56 Å². The van der Waals surface area contributed by atoms with E-state index in [0.717, 1.165) is 17.0 Å². The number of hydrogen-bond acceptors (Lipinski definition) is 4. The summed E-state index contributed by atoms with van der Waals surface area (Å²) in [7, 11) is -4.49. The first-order valence-electron chi connectivity index (χ1n) is 6.50. The summed E-state index contributed by atoms with van der Waals surface area (Å²) in [6, 6.07) is 9.08. The van der Waals surface area contributed by atoms with E-state index in [0.29, 0.717) is 0 Å². The van der Waals surface area contributed by atoms with Gasteiger partial charge in [-0.2, -0.15) is 8.42 Å². The second-order valence-electron chi connectivity index (χ2n) is 4.97. The topological polar surface area (TPSA) is 91.8 Å². The van der Waals surface area contributed by atoms with Gasteiger partial charge in [-0.1, -0.05) is 18.2 Å². The van der Waals surface area contributed by atoms with Crippen LogP contribution in [-0.4, -0.2) is 24.7 Å². The maximum absolute atomic E-state index is 13.7. The molecule has 0 unspecified atom stereocenters. The summed E-state index contributed by atoms with van der Waals surface area (Å²) in [6.45, 7) is -0.157. The molecular formula is C15H11FNNaO5S. The van der Waals surface area contributed by atoms with Gasteiger partial charge in [0.2, 0.25) is 0 Å². The molecule has 0 spiro atoms. The van der Waals surface area contributed by atoms with Gasteiger partial charge in [0.25, 0.3) is 21.8 Å². The number of benzene rings is 2. The van der Waals surface area contributed by atoms with Crippen molar-refractivity contribution < 1.29 is 57.9 Å². The maximum atomic E-state index is 13.7. The number of anilines is 1. The molecule has 0 saturated carbocycles. The Labute approximate surface area is 160 Å². The predicted molar refractivity (Wildman–Crippen MR) is 79.3 cm³/mol. The third-order valence-electron chi connectivity index (χ3n) is 3.53. The van der Waals surface area contributed by atoms with E-state index in [1.807, 2.05) is 0 Å². The maximum Gasteiger partial charge on any atom is 1.00 e. The monoisotopic (exact) mass is 359 g/mol. The van der Waals surface area contributed by atoms with Gasteiger partial charge in [0.05, 0.1) is 22.7 Å². The summed E-state index contributed by atoms with van der Waals surface area (Å²) in [5.74, 6) is -2.30. The third-order valence-corrected chi connectivity index (χ3v) is 4.38. The van der Waals surface area contributed by atoms with Gasteiger partial charge in [-0.3, -0.25) is 14.1 Å². The Morgan fingerprint density at radius 1 is 1.12 bits per heavy atom. The van der Waals surface area contributed by atoms with Crippen molar-refractivity contribution in [2.75, 3.05) is 4.90 Å².